The lowest BCUT2D eigenvalue weighted by Crippen LogP contribution is -2.30. The topological polar surface area (TPSA) is 49.4 Å². The number of amides is 2. The van der Waals surface area contributed by atoms with Gasteiger partial charge in [-0.1, -0.05) is 60.7 Å². The lowest BCUT2D eigenvalue weighted by Gasteiger charge is -2.24. The Balaban J connectivity index is 1.51. The van der Waals surface area contributed by atoms with Gasteiger partial charge in [0.2, 0.25) is 5.91 Å². The van der Waals surface area contributed by atoms with Crippen LogP contribution in [0, 0.1) is 11.6 Å². The third-order valence-electron chi connectivity index (χ3n) is 5.84. The van der Waals surface area contributed by atoms with Crippen molar-refractivity contribution in [1.29, 1.82) is 0 Å². The molecule has 1 atom stereocenters. The van der Waals surface area contributed by atoms with Crippen molar-refractivity contribution in [3.63, 3.8) is 0 Å². The van der Waals surface area contributed by atoms with E-state index in [9.17, 15) is 18.4 Å². The molecule has 0 radical (unpaired) electrons. The fourth-order valence-corrected chi connectivity index (χ4v) is 3.97. The first-order valence-electron chi connectivity index (χ1n) is 11.6. The lowest BCUT2D eigenvalue weighted by atomic mass is 10.1. The molecule has 0 aliphatic heterocycles. The molecule has 4 aromatic carbocycles. The van der Waals surface area contributed by atoms with Crippen molar-refractivity contribution < 1.29 is 18.4 Å². The monoisotopic (exact) mass is 484 g/mol. The van der Waals surface area contributed by atoms with Crippen molar-refractivity contribution >= 4 is 17.5 Å². The van der Waals surface area contributed by atoms with Gasteiger partial charge >= 0.3 is 0 Å². The molecule has 6 heteroatoms. The molecule has 0 spiro atoms. The van der Waals surface area contributed by atoms with Crippen LogP contribution in [0.25, 0.3) is 0 Å². The summed E-state index contributed by atoms with van der Waals surface area (Å²) in [5.41, 5.74) is 3.13. The molecular formula is C30H26F2N2O2. The molecule has 36 heavy (non-hydrogen) atoms. The smallest absolute Gasteiger partial charge is 0.258 e. The summed E-state index contributed by atoms with van der Waals surface area (Å²) in [7, 11) is 0. The van der Waals surface area contributed by atoms with Gasteiger partial charge in [-0.3, -0.25) is 9.59 Å². The van der Waals surface area contributed by atoms with Gasteiger partial charge in [-0.2, -0.15) is 0 Å². The zero-order chi connectivity index (χ0) is 25.5. The Bertz CT molecular complexity index is 1340. The second kappa shape index (κ2) is 11.4. The van der Waals surface area contributed by atoms with E-state index in [-0.39, 0.29) is 30.5 Å². The molecule has 0 aliphatic rings. The molecule has 0 aliphatic carbocycles. The Morgan fingerprint density at radius 2 is 1.44 bits per heavy atom. The molecular weight excluding hydrogens is 458 g/mol. The Labute approximate surface area is 209 Å². The van der Waals surface area contributed by atoms with E-state index in [2.05, 4.69) is 5.32 Å². The normalized spacial score (nSPS) is 11.5. The van der Waals surface area contributed by atoms with Gasteiger partial charge in [-0.05, 0) is 66.1 Å². The van der Waals surface area contributed by atoms with E-state index in [1.165, 1.54) is 41.3 Å². The zero-order valence-electron chi connectivity index (χ0n) is 19.8. The van der Waals surface area contributed by atoms with Crippen molar-refractivity contribution in [3.05, 3.63) is 137 Å². The molecule has 2 amide bonds. The number of anilines is 1. The van der Waals surface area contributed by atoms with E-state index in [0.29, 0.717) is 11.3 Å². The molecule has 1 N–H and O–H groups in total. The van der Waals surface area contributed by atoms with E-state index >= 15 is 0 Å². The quantitative estimate of drug-likeness (QED) is 0.322. The van der Waals surface area contributed by atoms with Gasteiger partial charge in [0.1, 0.15) is 11.6 Å². The SMILES string of the molecule is C[C@@H](NC(=O)Cc1ccc(N(Cc2cccc(F)c2)C(=O)c2cccc(F)c2)cc1)c1ccccc1. The summed E-state index contributed by atoms with van der Waals surface area (Å²) in [6.45, 7) is 2.03. The van der Waals surface area contributed by atoms with Crippen LogP contribution in [0.15, 0.2) is 103 Å². The summed E-state index contributed by atoms with van der Waals surface area (Å²) >= 11 is 0. The van der Waals surface area contributed by atoms with Crippen molar-refractivity contribution in [2.45, 2.75) is 25.9 Å². The number of nitrogens with one attached hydrogen (secondary N) is 1. The second-order valence-corrected chi connectivity index (χ2v) is 8.57. The number of nitrogens with zero attached hydrogens (tertiary/aromatic N) is 1. The van der Waals surface area contributed by atoms with E-state index in [0.717, 1.165) is 11.1 Å². The third kappa shape index (κ3) is 6.42. The van der Waals surface area contributed by atoms with Crippen molar-refractivity contribution in [1.82, 2.24) is 5.32 Å². The molecule has 4 nitrogen and oxygen atoms in total. The minimum atomic E-state index is -0.516. The van der Waals surface area contributed by atoms with Gasteiger partial charge in [0.25, 0.3) is 5.91 Å². The van der Waals surface area contributed by atoms with Gasteiger partial charge in [0.15, 0.2) is 0 Å². The van der Waals surface area contributed by atoms with E-state index in [1.807, 2.05) is 37.3 Å². The molecule has 0 bridgehead atoms. The Morgan fingerprint density at radius 1 is 0.778 bits per heavy atom. The number of hydrogen-bond acceptors (Lipinski definition) is 2. The fourth-order valence-electron chi connectivity index (χ4n) is 3.97. The summed E-state index contributed by atoms with van der Waals surface area (Å²) < 4.78 is 27.6. The van der Waals surface area contributed by atoms with Gasteiger partial charge in [-0.25, -0.2) is 8.78 Å². The van der Waals surface area contributed by atoms with Gasteiger partial charge in [-0.15, -0.1) is 0 Å². The standard InChI is InChI=1S/C30H26F2N2O2/c1-21(24-8-3-2-4-9-24)33-29(35)18-22-13-15-28(16-14-22)34(20-23-7-5-11-26(31)17-23)30(36)25-10-6-12-27(32)19-25/h2-17,19,21H,18,20H2,1H3,(H,33,35)/t21-/m1/s1. The average molecular weight is 485 g/mol. The van der Waals surface area contributed by atoms with Crippen molar-refractivity contribution in [2.75, 3.05) is 4.90 Å². The number of hydrogen-bond donors (Lipinski definition) is 1. The minimum absolute atomic E-state index is 0.0987. The van der Waals surface area contributed by atoms with Crippen LogP contribution in [0.3, 0.4) is 0 Å². The fraction of sp³-hybridized carbons (Fsp3) is 0.133. The first-order valence-corrected chi connectivity index (χ1v) is 11.6. The number of carbonyl (C=O) groups is 2. The molecule has 0 heterocycles. The van der Waals surface area contributed by atoms with Gasteiger partial charge < -0.3 is 10.2 Å². The van der Waals surface area contributed by atoms with Crippen LogP contribution in [0.1, 0.15) is 40.0 Å². The largest absolute Gasteiger partial charge is 0.349 e. The van der Waals surface area contributed by atoms with Gasteiger partial charge in [0.05, 0.1) is 19.0 Å². The van der Waals surface area contributed by atoms with Crippen LogP contribution in [0.5, 0.6) is 0 Å². The second-order valence-electron chi connectivity index (χ2n) is 8.57. The Morgan fingerprint density at radius 3 is 2.11 bits per heavy atom. The summed E-state index contributed by atoms with van der Waals surface area (Å²) in [4.78, 5) is 27.3. The summed E-state index contributed by atoms with van der Waals surface area (Å²) in [6, 6.07) is 28.1. The van der Waals surface area contributed by atoms with Crippen LogP contribution in [-0.4, -0.2) is 11.8 Å². The molecule has 0 fully saturated rings. The first kappa shape index (κ1) is 24.8. The van der Waals surface area contributed by atoms with Crippen molar-refractivity contribution in [3.8, 4) is 0 Å². The number of rotatable bonds is 8. The third-order valence-corrected chi connectivity index (χ3v) is 5.84. The first-order chi connectivity index (χ1) is 17.4. The zero-order valence-corrected chi connectivity index (χ0v) is 19.8. The van der Waals surface area contributed by atoms with Crippen LogP contribution in [0.4, 0.5) is 14.5 Å². The maximum Gasteiger partial charge on any atom is 0.258 e. The molecule has 4 rings (SSSR count). The highest BCUT2D eigenvalue weighted by atomic mass is 19.1. The summed E-state index contributed by atoms with van der Waals surface area (Å²) in [5, 5.41) is 2.99. The van der Waals surface area contributed by atoms with Crippen LogP contribution in [-0.2, 0) is 17.8 Å². The molecule has 4 aromatic rings. The predicted octanol–water partition coefficient (Wildman–Crippen LogP) is 6.23. The highest BCUT2D eigenvalue weighted by Crippen LogP contribution is 2.22. The molecule has 182 valence electrons. The molecule has 0 aromatic heterocycles. The van der Waals surface area contributed by atoms with E-state index in [1.54, 1.807) is 36.4 Å². The Hall–Kier alpha value is -4.32. The summed E-state index contributed by atoms with van der Waals surface area (Å²) in [5.74, 6) is -1.46. The lowest BCUT2D eigenvalue weighted by molar-refractivity contribution is -0.121. The molecule has 0 saturated carbocycles. The predicted molar refractivity (Wildman–Crippen MR) is 136 cm³/mol. The number of carbonyl (C=O) groups excluding carboxylic acids is 2. The van der Waals surface area contributed by atoms with Crippen LogP contribution in [0.2, 0.25) is 0 Å². The summed E-state index contributed by atoms with van der Waals surface area (Å²) in [6.07, 6.45) is 0.180. The highest BCUT2D eigenvalue weighted by molar-refractivity contribution is 6.06. The van der Waals surface area contributed by atoms with E-state index < -0.39 is 17.5 Å². The van der Waals surface area contributed by atoms with Gasteiger partial charge in [0, 0.05) is 11.3 Å². The van der Waals surface area contributed by atoms with Crippen LogP contribution >= 0.6 is 0 Å². The highest BCUT2D eigenvalue weighted by Gasteiger charge is 2.19. The van der Waals surface area contributed by atoms with Crippen LogP contribution < -0.4 is 10.2 Å². The number of benzene rings is 4. The van der Waals surface area contributed by atoms with E-state index in [4.69, 9.17) is 0 Å². The molecule has 0 saturated heterocycles. The number of halogens is 2. The maximum absolute atomic E-state index is 13.8. The Kier molecular flexibility index (Phi) is 7.85. The molecule has 0 unspecified atom stereocenters. The minimum Gasteiger partial charge on any atom is -0.349 e. The average Bonchev–Trinajstić information content (AvgIpc) is 2.88. The van der Waals surface area contributed by atoms with Crippen molar-refractivity contribution in [2.24, 2.45) is 0 Å². The maximum atomic E-state index is 13.8.